The molecule has 0 heterocycles. The number of hydrogen-bond donors (Lipinski definition) is 2. The second-order valence-electron chi connectivity index (χ2n) is 3.30. The second kappa shape index (κ2) is 5.98. The lowest BCUT2D eigenvalue weighted by atomic mass is 10.2. The van der Waals surface area contributed by atoms with Gasteiger partial charge in [0.05, 0.1) is 16.7 Å². The monoisotopic (exact) mass is 273 g/mol. The van der Waals surface area contributed by atoms with Crippen LogP contribution in [0.3, 0.4) is 0 Å². The Balaban J connectivity index is 3.02. The smallest absolute Gasteiger partial charge is 0.242 e. The van der Waals surface area contributed by atoms with Gasteiger partial charge in [-0.05, 0) is 31.2 Å². The van der Waals surface area contributed by atoms with Crippen LogP contribution in [0.25, 0.3) is 0 Å². The van der Waals surface area contributed by atoms with Gasteiger partial charge in [0.1, 0.15) is 4.90 Å². The molecule has 0 saturated carbocycles. The molecule has 0 saturated heterocycles. The molecular weight excluding hydrogens is 262 g/mol. The largest absolute Gasteiger partial charge is 0.330 e. The maximum absolute atomic E-state index is 11.9. The fraction of sp³-hybridized carbons (Fsp3) is 0.300. The minimum absolute atomic E-state index is 0.0873. The number of nitrogens with one attached hydrogen (secondary N) is 1. The Bertz CT molecular complexity index is 537. The molecule has 0 fully saturated rings. The van der Waals surface area contributed by atoms with Gasteiger partial charge in [-0.25, -0.2) is 13.1 Å². The third-order valence-corrected chi connectivity index (χ3v) is 3.97. The van der Waals surface area contributed by atoms with E-state index in [2.05, 4.69) is 4.72 Å². The molecule has 92 valence electrons. The lowest BCUT2D eigenvalue weighted by Gasteiger charge is -2.07. The van der Waals surface area contributed by atoms with Gasteiger partial charge in [0, 0.05) is 6.54 Å². The molecule has 1 aromatic carbocycles. The topological polar surface area (TPSA) is 96.0 Å². The van der Waals surface area contributed by atoms with Gasteiger partial charge in [-0.15, -0.1) is 0 Å². The highest BCUT2D eigenvalue weighted by molar-refractivity contribution is 7.89. The van der Waals surface area contributed by atoms with Gasteiger partial charge in [-0.1, -0.05) is 11.6 Å². The third-order valence-electron chi connectivity index (χ3n) is 2.02. The molecule has 0 atom stereocenters. The summed E-state index contributed by atoms with van der Waals surface area (Å²) < 4.78 is 26.1. The zero-order valence-corrected chi connectivity index (χ0v) is 10.6. The molecule has 5 nitrogen and oxygen atoms in total. The van der Waals surface area contributed by atoms with Crippen LogP contribution < -0.4 is 10.5 Å². The van der Waals surface area contributed by atoms with Gasteiger partial charge in [-0.2, -0.15) is 5.26 Å². The quantitative estimate of drug-likeness (QED) is 0.777. The average Bonchev–Trinajstić information content (AvgIpc) is 2.29. The van der Waals surface area contributed by atoms with Crippen molar-refractivity contribution in [1.29, 1.82) is 5.26 Å². The van der Waals surface area contributed by atoms with Crippen LogP contribution in [0, 0.1) is 11.3 Å². The highest BCUT2D eigenvalue weighted by atomic mass is 35.5. The molecule has 1 rings (SSSR count). The summed E-state index contributed by atoms with van der Waals surface area (Å²) >= 11 is 5.80. The zero-order chi connectivity index (χ0) is 12.9. The summed E-state index contributed by atoms with van der Waals surface area (Å²) in [5.41, 5.74) is 5.51. The van der Waals surface area contributed by atoms with Crippen LogP contribution in [0.2, 0.25) is 5.02 Å². The standard InChI is InChI=1S/C10H12ClN3O2S/c11-9-3-2-8(7-13)6-10(9)17(15,16)14-5-1-4-12/h2-3,6,14H,1,4-5,12H2. The first kappa shape index (κ1) is 13.9. The first-order valence-electron chi connectivity index (χ1n) is 4.90. The molecule has 7 heteroatoms. The van der Waals surface area contributed by atoms with Crippen LogP contribution in [0.1, 0.15) is 12.0 Å². The minimum atomic E-state index is -3.68. The van der Waals surface area contributed by atoms with Gasteiger partial charge in [0.2, 0.25) is 10.0 Å². The average molecular weight is 274 g/mol. The normalized spacial score (nSPS) is 11.1. The predicted molar refractivity (Wildman–Crippen MR) is 65.0 cm³/mol. The van der Waals surface area contributed by atoms with Crippen LogP contribution in [-0.2, 0) is 10.0 Å². The number of nitrogens with two attached hydrogens (primary N) is 1. The van der Waals surface area contributed by atoms with Crippen LogP contribution in [-0.4, -0.2) is 21.5 Å². The summed E-state index contributed by atoms with van der Waals surface area (Å²) in [6.45, 7) is 0.639. The molecule has 0 aliphatic rings. The number of nitriles is 1. The Labute approximate surface area is 105 Å². The third kappa shape index (κ3) is 3.68. The number of sulfonamides is 1. The van der Waals surface area contributed by atoms with Crippen molar-refractivity contribution in [1.82, 2.24) is 4.72 Å². The summed E-state index contributed by atoms with van der Waals surface area (Å²) in [4.78, 5) is -0.0877. The Hall–Kier alpha value is -1.13. The van der Waals surface area contributed by atoms with Crippen molar-refractivity contribution in [2.45, 2.75) is 11.3 Å². The molecule has 0 unspecified atom stereocenters. The summed E-state index contributed by atoms with van der Waals surface area (Å²) in [6, 6.07) is 5.95. The molecule has 0 aliphatic heterocycles. The Kier molecular flexibility index (Phi) is 4.90. The molecule has 3 N–H and O–H groups in total. The molecule has 0 bridgehead atoms. The fourth-order valence-electron chi connectivity index (χ4n) is 1.17. The van der Waals surface area contributed by atoms with E-state index in [1.807, 2.05) is 6.07 Å². The molecule has 0 amide bonds. The van der Waals surface area contributed by atoms with E-state index >= 15 is 0 Å². The van der Waals surface area contributed by atoms with Crippen molar-refractivity contribution in [2.75, 3.05) is 13.1 Å². The van der Waals surface area contributed by atoms with E-state index in [-0.39, 0.29) is 22.0 Å². The number of nitrogens with zero attached hydrogens (tertiary/aromatic N) is 1. The molecule has 0 radical (unpaired) electrons. The molecule has 0 spiro atoms. The van der Waals surface area contributed by atoms with Crippen molar-refractivity contribution in [3.8, 4) is 6.07 Å². The summed E-state index contributed by atoms with van der Waals surface area (Å²) in [6.07, 6.45) is 0.536. The van der Waals surface area contributed by atoms with E-state index < -0.39 is 10.0 Å². The fourth-order valence-corrected chi connectivity index (χ4v) is 2.76. The lowest BCUT2D eigenvalue weighted by molar-refractivity contribution is 0.579. The summed E-state index contributed by atoms with van der Waals surface area (Å²) in [5, 5.41) is 8.80. The van der Waals surface area contributed by atoms with Crippen molar-refractivity contribution in [3.63, 3.8) is 0 Å². The first-order valence-corrected chi connectivity index (χ1v) is 6.77. The van der Waals surface area contributed by atoms with E-state index in [0.717, 1.165) is 0 Å². The van der Waals surface area contributed by atoms with E-state index in [1.54, 1.807) is 0 Å². The van der Waals surface area contributed by atoms with Crippen LogP contribution >= 0.6 is 11.6 Å². The van der Waals surface area contributed by atoms with Crippen LogP contribution in [0.5, 0.6) is 0 Å². The number of halogens is 1. The van der Waals surface area contributed by atoms with Gasteiger partial charge in [0.25, 0.3) is 0 Å². The van der Waals surface area contributed by atoms with Crippen LogP contribution in [0.15, 0.2) is 23.1 Å². The summed E-state index contributed by atoms with van der Waals surface area (Å²) in [7, 11) is -3.68. The van der Waals surface area contributed by atoms with Crippen molar-refractivity contribution < 1.29 is 8.42 Å². The van der Waals surface area contributed by atoms with E-state index in [1.165, 1.54) is 18.2 Å². The van der Waals surface area contributed by atoms with Crippen LogP contribution in [0.4, 0.5) is 0 Å². The van der Waals surface area contributed by atoms with Crippen molar-refractivity contribution in [3.05, 3.63) is 28.8 Å². The maximum atomic E-state index is 11.9. The zero-order valence-electron chi connectivity index (χ0n) is 8.98. The maximum Gasteiger partial charge on any atom is 0.242 e. The second-order valence-corrected chi connectivity index (χ2v) is 5.44. The first-order chi connectivity index (χ1) is 8.01. The number of rotatable bonds is 5. The lowest BCUT2D eigenvalue weighted by Crippen LogP contribution is -2.26. The van der Waals surface area contributed by atoms with Crippen molar-refractivity contribution in [2.24, 2.45) is 5.73 Å². The van der Waals surface area contributed by atoms with Gasteiger partial charge in [0.15, 0.2) is 0 Å². The molecule has 0 aromatic heterocycles. The molecular formula is C10H12ClN3O2S. The van der Waals surface area contributed by atoms with E-state index in [4.69, 9.17) is 22.6 Å². The molecule has 1 aromatic rings. The highest BCUT2D eigenvalue weighted by Gasteiger charge is 2.17. The minimum Gasteiger partial charge on any atom is -0.330 e. The highest BCUT2D eigenvalue weighted by Crippen LogP contribution is 2.22. The number of hydrogen-bond acceptors (Lipinski definition) is 4. The SMILES string of the molecule is N#Cc1ccc(Cl)c(S(=O)(=O)NCCCN)c1. The van der Waals surface area contributed by atoms with Crippen molar-refractivity contribution >= 4 is 21.6 Å². The Morgan fingerprint density at radius 2 is 2.18 bits per heavy atom. The van der Waals surface area contributed by atoms with E-state index in [0.29, 0.717) is 13.0 Å². The Morgan fingerprint density at radius 3 is 2.76 bits per heavy atom. The Morgan fingerprint density at radius 1 is 1.47 bits per heavy atom. The van der Waals surface area contributed by atoms with Gasteiger partial charge >= 0.3 is 0 Å². The number of benzene rings is 1. The summed E-state index contributed by atoms with van der Waals surface area (Å²) in [5.74, 6) is 0. The van der Waals surface area contributed by atoms with E-state index in [9.17, 15) is 8.42 Å². The van der Waals surface area contributed by atoms with Gasteiger partial charge in [-0.3, -0.25) is 0 Å². The molecule has 0 aliphatic carbocycles. The predicted octanol–water partition coefficient (Wildman–Crippen LogP) is 0.839. The molecule has 17 heavy (non-hydrogen) atoms. The van der Waals surface area contributed by atoms with Gasteiger partial charge < -0.3 is 5.73 Å².